The topological polar surface area (TPSA) is 12.4 Å². The minimum Gasteiger partial charge on any atom is -0.276 e. The fourth-order valence-electron chi connectivity index (χ4n) is 1.22. The van der Waals surface area contributed by atoms with E-state index in [2.05, 4.69) is 55.2 Å². The fraction of sp³-hybridized carbons (Fsp3) is 0.357. The summed E-state index contributed by atoms with van der Waals surface area (Å²) < 4.78 is 0. The summed E-state index contributed by atoms with van der Waals surface area (Å²) in [5.41, 5.74) is 4.50. The van der Waals surface area contributed by atoms with E-state index in [4.69, 9.17) is 0 Å². The largest absolute Gasteiger partial charge is 0.276 e. The third-order valence-corrected chi connectivity index (χ3v) is 2.99. The summed E-state index contributed by atoms with van der Waals surface area (Å²) in [5, 5.41) is 0. The highest BCUT2D eigenvalue weighted by Gasteiger charge is 2.06. The summed E-state index contributed by atoms with van der Waals surface area (Å²) in [6.07, 6.45) is 1.75. The van der Waals surface area contributed by atoms with E-state index in [-0.39, 0.29) is 6.04 Å². The summed E-state index contributed by atoms with van der Waals surface area (Å²) in [5.74, 6) is 3.05. The first-order chi connectivity index (χ1) is 7.49. The Hall–Kier alpha value is -1.33. The second-order valence-electron chi connectivity index (χ2n) is 4.88. The molecule has 84 valence electrons. The molecule has 0 aliphatic rings. The highest BCUT2D eigenvalue weighted by Crippen LogP contribution is 2.14. The average Bonchev–Trinajstić information content (AvgIpc) is 2.24. The molecule has 1 rings (SSSR count). The average molecular weight is 229 g/mol. The zero-order valence-electron chi connectivity index (χ0n) is 10.5. The van der Waals surface area contributed by atoms with Crippen molar-refractivity contribution < 1.29 is 0 Å². The van der Waals surface area contributed by atoms with Gasteiger partial charge in [0.05, 0.1) is 12.3 Å². The normalized spacial score (nSPS) is 13.2. The van der Waals surface area contributed by atoms with Crippen LogP contribution in [0.1, 0.15) is 18.5 Å². The van der Waals surface area contributed by atoms with Crippen molar-refractivity contribution in [1.82, 2.24) is 0 Å². The zero-order valence-corrected chi connectivity index (χ0v) is 11.5. The zero-order chi connectivity index (χ0) is 12.0. The summed E-state index contributed by atoms with van der Waals surface area (Å²) in [6, 6.07) is 10.5. The Morgan fingerprint density at radius 3 is 2.38 bits per heavy atom. The van der Waals surface area contributed by atoms with E-state index in [1.807, 2.05) is 18.2 Å². The van der Waals surface area contributed by atoms with Crippen molar-refractivity contribution in [3.8, 4) is 11.5 Å². The summed E-state index contributed by atoms with van der Waals surface area (Å²) >= 11 is 0. The van der Waals surface area contributed by atoms with Gasteiger partial charge in [0.15, 0.2) is 0 Å². The Kier molecular flexibility index (Phi) is 4.51. The van der Waals surface area contributed by atoms with Gasteiger partial charge in [-0.2, -0.15) is 0 Å². The molecule has 1 atom stereocenters. The fourth-order valence-corrected chi connectivity index (χ4v) is 1.71. The Balaban J connectivity index is 2.61. The van der Waals surface area contributed by atoms with Gasteiger partial charge in [-0.05, 0) is 12.5 Å². The first-order valence-electron chi connectivity index (χ1n) is 5.58. The monoisotopic (exact) mass is 229 g/mol. The Labute approximate surface area is 99.6 Å². The minimum atomic E-state index is -1.26. The minimum absolute atomic E-state index is 0.192. The number of hydrogen-bond acceptors (Lipinski definition) is 1. The Morgan fingerprint density at radius 2 is 1.81 bits per heavy atom. The van der Waals surface area contributed by atoms with Gasteiger partial charge in [-0.1, -0.05) is 55.9 Å². The van der Waals surface area contributed by atoms with Crippen molar-refractivity contribution in [3.05, 3.63) is 35.9 Å². The van der Waals surface area contributed by atoms with Crippen molar-refractivity contribution >= 4 is 14.3 Å². The number of rotatable bonds is 2. The molecule has 1 aromatic rings. The van der Waals surface area contributed by atoms with Crippen LogP contribution in [0.4, 0.5) is 0 Å². The highest BCUT2D eigenvalue weighted by molar-refractivity contribution is 6.84. The first-order valence-corrected chi connectivity index (χ1v) is 9.08. The molecule has 1 nitrogen and oxygen atoms in total. The molecule has 0 aromatic heterocycles. The van der Waals surface area contributed by atoms with Gasteiger partial charge in [0.25, 0.3) is 0 Å². The molecule has 2 heteroatoms. The van der Waals surface area contributed by atoms with E-state index in [1.165, 1.54) is 5.56 Å². The van der Waals surface area contributed by atoms with Crippen LogP contribution in [-0.2, 0) is 0 Å². The molecule has 1 aromatic carbocycles. The van der Waals surface area contributed by atoms with E-state index in [0.29, 0.717) is 0 Å². The van der Waals surface area contributed by atoms with E-state index >= 15 is 0 Å². The lowest BCUT2D eigenvalue weighted by molar-refractivity contribution is 0.826. The third kappa shape index (κ3) is 4.95. The molecule has 0 aliphatic carbocycles. The number of benzene rings is 1. The van der Waals surface area contributed by atoms with E-state index in [9.17, 15) is 0 Å². The van der Waals surface area contributed by atoms with E-state index < -0.39 is 8.07 Å². The van der Waals surface area contributed by atoms with Crippen molar-refractivity contribution in [2.24, 2.45) is 4.99 Å². The molecular weight excluding hydrogens is 210 g/mol. The van der Waals surface area contributed by atoms with E-state index in [0.717, 1.165) is 0 Å². The van der Waals surface area contributed by atoms with Crippen molar-refractivity contribution in [2.75, 3.05) is 0 Å². The number of nitrogens with zero attached hydrogens (tertiary/aromatic N) is 1. The first kappa shape index (κ1) is 12.7. The van der Waals surface area contributed by atoms with Crippen LogP contribution in [0.3, 0.4) is 0 Å². The molecule has 0 unspecified atom stereocenters. The second-order valence-corrected chi connectivity index (χ2v) is 9.63. The van der Waals surface area contributed by atoms with Crippen LogP contribution in [0.15, 0.2) is 35.3 Å². The lowest BCUT2D eigenvalue weighted by atomic mass is 10.1. The number of hydrogen-bond donors (Lipinski definition) is 0. The summed E-state index contributed by atoms with van der Waals surface area (Å²) in [6.45, 7) is 8.78. The van der Waals surface area contributed by atoms with Gasteiger partial charge in [0.1, 0.15) is 8.07 Å². The highest BCUT2D eigenvalue weighted by atomic mass is 28.3. The molecule has 0 radical (unpaired) electrons. The van der Waals surface area contributed by atoms with Crippen molar-refractivity contribution in [1.29, 1.82) is 0 Å². The Bertz CT molecular complexity index is 404. The van der Waals surface area contributed by atoms with Gasteiger partial charge in [-0.3, -0.25) is 4.99 Å². The van der Waals surface area contributed by atoms with Gasteiger partial charge in [-0.15, -0.1) is 5.54 Å². The van der Waals surface area contributed by atoms with Crippen LogP contribution in [0.5, 0.6) is 0 Å². The maximum absolute atomic E-state index is 4.42. The third-order valence-electron chi connectivity index (χ3n) is 2.09. The smallest absolute Gasteiger partial charge is 0.129 e. The van der Waals surface area contributed by atoms with Crippen LogP contribution < -0.4 is 0 Å². The van der Waals surface area contributed by atoms with Crippen LogP contribution in [0, 0.1) is 11.5 Å². The SMILES string of the molecule is C[C@H](N=CC#C[Si](C)(C)C)c1ccccc1. The predicted octanol–water partition coefficient (Wildman–Crippen LogP) is 3.70. The molecule has 0 bridgehead atoms. The lowest BCUT2D eigenvalue weighted by Crippen LogP contribution is -2.16. The van der Waals surface area contributed by atoms with Gasteiger partial charge in [0.2, 0.25) is 0 Å². The number of aliphatic imine (C=N–C) groups is 1. The molecule has 0 spiro atoms. The second kappa shape index (κ2) is 5.67. The predicted molar refractivity (Wildman–Crippen MR) is 74.5 cm³/mol. The molecule has 0 heterocycles. The quantitative estimate of drug-likeness (QED) is 0.416. The standard InChI is InChI=1S/C14H19NSi/c1-13(14-9-6-5-7-10-14)15-11-8-12-16(2,3)4/h5-7,9-11,13H,1-4H3/t13-/m0/s1. The summed E-state index contributed by atoms with van der Waals surface area (Å²) in [4.78, 5) is 4.42. The molecule has 0 aliphatic heterocycles. The molecule has 0 fully saturated rings. The van der Waals surface area contributed by atoms with Crippen LogP contribution >= 0.6 is 0 Å². The molecule has 0 N–H and O–H groups in total. The van der Waals surface area contributed by atoms with Crippen LogP contribution in [0.25, 0.3) is 0 Å². The van der Waals surface area contributed by atoms with Gasteiger partial charge < -0.3 is 0 Å². The van der Waals surface area contributed by atoms with Gasteiger partial charge in [0, 0.05) is 0 Å². The van der Waals surface area contributed by atoms with Crippen LogP contribution in [0.2, 0.25) is 19.6 Å². The van der Waals surface area contributed by atoms with Crippen molar-refractivity contribution in [2.45, 2.75) is 32.6 Å². The molecule has 0 saturated carbocycles. The van der Waals surface area contributed by atoms with Crippen molar-refractivity contribution in [3.63, 3.8) is 0 Å². The maximum atomic E-state index is 4.42. The molecule has 16 heavy (non-hydrogen) atoms. The molecule has 0 amide bonds. The molecule has 0 saturated heterocycles. The van der Waals surface area contributed by atoms with Gasteiger partial charge >= 0.3 is 0 Å². The maximum Gasteiger partial charge on any atom is 0.129 e. The summed E-state index contributed by atoms with van der Waals surface area (Å²) in [7, 11) is -1.26. The lowest BCUT2D eigenvalue weighted by Gasteiger charge is -2.04. The van der Waals surface area contributed by atoms with Gasteiger partial charge in [-0.25, -0.2) is 0 Å². The van der Waals surface area contributed by atoms with E-state index in [1.54, 1.807) is 6.21 Å². The Morgan fingerprint density at radius 1 is 1.19 bits per heavy atom. The molecular formula is C14H19NSi. The van der Waals surface area contributed by atoms with Crippen LogP contribution in [-0.4, -0.2) is 14.3 Å².